The minimum Gasteiger partial charge on any atom is -0.497 e. The van der Waals surface area contributed by atoms with Crippen molar-refractivity contribution in [2.24, 2.45) is 0 Å². The molecule has 4 rings (SSSR count). The van der Waals surface area contributed by atoms with Gasteiger partial charge in [0.05, 0.1) is 21.3 Å². The van der Waals surface area contributed by atoms with Crippen LogP contribution in [0.25, 0.3) is 11.6 Å². The first kappa shape index (κ1) is 31.6. The van der Waals surface area contributed by atoms with Gasteiger partial charge in [-0.2, -0.15) is 0 Å². The van der Waals surface area contributed by atoms with Crippen LogP contribution in [0.3, 0.4) is 0 Å². The number of amides is 2. The summed E-state index contributed by atoms with van der Waals surface area (Å²) in [7, 11) is 4.69. The number of hydrogen-bond donors (Lipinski definition) is 2. The second-order valence-corrected chi connectivity index (χ2v) is 9.97. The van der Waals surface area contributed by atoms with E-state index in [4.69, 9.17) is 14.2 Å². The number of ketones is 1. The van der Waals surface area contributed by atoms with Crippen molar-refractivity contribution in [2.45, 2.75) is 18.9 Å². The third kappa shape index (κ3) is 8.58. The molecule has 0 aliphatic rings. The lowest BCUT2D eigenvalue weighted by atomic mass is 9.98. The Hall–Kier alpha value is -5.37. The first-order chi connectivity index (χ1) is 21.4. The molecule has 1 atom stereocenters. The number of carbonyl (C=O) groups excluding carboxylic acids is 3. The minimum absolute atomic E-state index is 0.149. The summed E-state index contributed by atoms with van der Waals surface area (Å²) in [5.74, 6) is -0.173. The average Bonchev–Trinajstić information content (AvgIpc) is 3.07. The molecule has 2 amide bonds. The summed E-state index contributed by atoms with van der Waals surface area (Å²) >= 11 is 0. The Morgan fingerprint density at radius 2 is 1.36 bits per heavy atom. The van der Waals surface area contributed by atoms with Crippen LogP contribution in [0.2, 0.25) is 0 Å². The second kappa shape index (κ2) is 15.7. The minimum atomic E-state index is -1.09. The lowest BCUT2D eigenvalue weighted by Crippen LogP contribution is -2.49. The lowest BCUT2D eigenvalue weighted by molar-refractivity contribution is -0.139. The number of rotatable bonds is 14. The van der Waals surface area contributed by atoms with Gasteiger partial charge < -0.3 is 24.8 Å². The molecule has 0 fully saturated rings. The van der Waals surface area contributed by atoms with Crippen molar-refractivity contribution in [2.75, 3.05) is 27.9 Å². The van der Waals surface area contributed by atoms with Gasteiger partial charge in [-0.05, 0) is 59.0 Å². The van der Waals surface area contributed by atoms with Gasteiger partial charge in [-0.1, -0.05) is 78.9 Å². The zero-order valence-electron chi connectivity index (χ0n) is 25.0. The third-order valence-electron chi connectivity index (χ3n) is 7.03. The molecule has 0 heterocycles. The van der Waals surface area contributed by atoms with Gasteiger partial charge in [0, 0.05) is 18.5 Å². The van der Waals surface area contributed by atoms with E-state index < -0.39 is 23.6 Å². The fourth-order valence-corrected chi connectivity index (χ4v) is 4.66. The summed E-state index contributed by atoms with van der Waals surface area (Å²) in [6.45, 7) is 0.261. The first-order valence-electron chi connectivity index (χ1n) is 14.2. The summed E-state index contributed by atoms with van der Waals surface area (Å²) < 4.78 is 16.0. The zero-order chi connectivity index (χ0) is 31.3. The topological polar surface area (TPSA) is 103 Å². The number of methoxy groups -OCH3 is 3. The normalized spacial score (nSPS) is 11.7. The molecule has 0 bridgehead atoms. The highest BCUT2D eigenvalue weighted by Gasteiger charge is 2.28. The van der Waals surface area contributed by atoms with E-state index in [1.54, 1.807) is 38.5 Å². The quantitative estimate of drug-likeness (QED) is 0.123. The van der Waals surface area contributed by atoms with Gasteiger partial charge in [0.25, 0.3) is 11.8 Å². The van der Waals surface area contributed by atoms with Crippen LogP contribution in [0.4, 0.5) is 0 Å². The Kier molecular flexibility index (Phi) is 11.3. The summed E-state index contributed by atoms with van der Waals surface area (Å²) in [5.41, 5.74) is 3.46. The maximum absolute atomic E-state index is 13.9. The molecule has 2 N–H and O–H groups in total. The molecule has 8 nitrogen and oxygen atoms in total. The Bertz CT molecular complexity index is 1580. The van der Waals surface area contributed by atoms with E-state index in [9.17, 15) is 14.4 Å². The van der Waals surface area contributed by atoms with Crippen molar-refractivity contribution >= 4 is 29.2 Å². The van der Waals surface area contributed by atoms with E-state index in [1.807, 2.05) is 84.9 Å². The van der Waals surface area contributed by atoms with E-state index in [-0.39, 0.29) is 13.0 Å². The van der Waals surface area contributed by atoms with Gasteiger partial charge in [0.2, 0.25) is 5.78 Å². The molecule has 4 aromatic rings. The van der Waals surface area contributed by atoms with Crippen molar-refractivity contribution in [3.05, 3.63) is 125 Å². The van der Waals surface area contributed by atoms with Crippen LogP contribution in [0.15, 0.2) is 103 Å². The predicted molar refractivity (Wildman–Crippen MR) is 171 cm³/mol. The van der Waals surface area contributed by atoms with Gasteiger partial charge in [0.1, 0.15) is 11.8 Å². The molecule has 44 heavy (non-hydrogen) atoms. The SMILES string of the molecule is COc1ccc(CCNC(=O)C(=O)[C@H](Cc2ccccc2)NC(=O)/C(=C/c2ccc(OC)c(OC)c2)c2ccccc2)cc1. The first-order valence-corrected chi connectivity index (χ1v) is 14.2. The standard InChI is InChI=1S/C36H36N2O6/c1-42-29-17-14-25(15-18-29)20-21-37-36(41)34(39)31(23-26-10-6-4-7-11-26)38-35(40)30(28-12-8-5-9-13-28)22-27-16-19-32(43-2)33(24-27)44-3/h4-19,22,24,31H,20-21,23H2,1-3H3,(H,37,41)(H,38,40)/b30-22+/t31-/m0/s1. The van der Waals surface area contributed by atoms with E-state index in [0.29, 0.717) is 34.6 Å². The van der Waals surface area contributed by atoms with Crippen LogP contribution < -0.4 is 24.8 Å². The Labute approximate surface area is 257 Å². The maximum atomic E-state index is 13.9. The van der Waals surface area contributed by atoms with E-state index in [2.05, 4.69) is 10.6 Å². The largest absolute Gasteiger partial charge is 0.497 e. The number of ether oxygens (including phenoxy) is 3. The monoisotopic (exact) mass is 592 g/mol. The molecule has 0 unspecified atom stereocenters. The van der Waals surface area contributed by atoms with Crippen molar-refractivity contribution in [3.8, 4) is 17.2 Å². The predicted octanol–water partition coefficient (Wildman–Crippen LogP) is 4.91. The Balaban J connectivity index is 1.56. The van der Waals surface area contributed by atoms with Crippen LogP contribution in [-0.2, 0) is 27.2 Å². The molecule has 0 aromatic heterocycles. The number of nitrogens with one attached hydrogen (secondary N) is 2. The van der Waals surface area contributed by atoms with Crippen molar-refractivity contribution in [1.29, 1.82) is 0 Å². The van der Waals surface area contributed by atoms with Gasteiger partial charge in [0.15, 0.2) is 11.5 Å². The highest BCUT2D eigenvalue weighted by Crippen LogP contribution is 2.29. The fraction of sp³-hybridized carbons (Fsp3) is 0.194. The zero-order valence-corrected chi connectivity index (χ0v) is 25.0. The number of Topliss-reactive ketones (excluding diaryl/α,β-unsaturated/α-hetero) is 1. The lowest BCUT2D eigenvalue weighted by Gasteiger charge is -2.19. The van der Waals surface area contributed by atoms with Crippen LogP contribution >= 0.6 is 0 Å². The molecule has 4 aromatic carbocycles. The van der Waals surface area contributed by atoms with Gasteiger partial charge in [-0.25, -0.2) is 0 Å². The Morgan fingerprint density at radius 3 is 2.00 bits per heavy atom. The van der Waals surface area contributed by atoms with Gasteiger partial charge >= 0.3 is 0 Å². The van der Waals surface area contributed by atoms with E-state index >= 15 is 0 Å². The molecular weight excluding hydrogens is 556 g/mol. The number of carbonyl (C=O) groups is 3. The molecule has 0 saturated heterocycles. The number of benzene rings is 4. The van der Waals surface area contributed by atoms with Crippen LogP contribution in [0, 0.1) is 0 Å². The highest BCUT2D eigenvalue weighted by molar-refractivity contribution is 6.39. The summed E-state index contributed by atoms with van der Waals surface area (Å²) in [6, 6.07) is 30.1. The molecule has 226 valence electrons. The van der Waals surface area contributed by atoms with Gasteiger partial charge in [-0.3, -0.25) is 14.4 Å². The Morgan fingerprint density at radius 1 is 0.705 bits per heavy atom. The molecule has 8 heteroatoms. The molecular formula is C36H36N2O6. The fourth-order valence-electron chi connectivity index (χ4n) is 4.66. The van der Waals surface area contributed by atoms with Gasteiger partial charge in [-0.15, -0.1) is 0 Å². The van der Waals surface area contributed by atoms with E-state index in [1.165, 1.54) is 7.11 Å². The summed E-state index contributed by atoms with van der Waals surface area (Å²) in [5, 5.41) is 5.56. The average molecular weight is 593 g/mol. The highest BCUT2D eigenvalue weighted by atomic mass is 16.5. The smallest absolute Gasteiger partial charge is 0.289 e. The van der Waals surface area contributed by atoms with Crippen LogP contribution in [-0.4, -0.2) is 51.5 Å². The molecule has 0 spiro atoms. The molecule has 0 radical (unpaired) electrons. The van der Waals surface area contributed by atoms with Crippen molar-refractivity contribution < 1.29 is 28.6 Å². The van der Waals surface area contributed by atoms with Crippen LogP contribution in [0.5, 0.6) is 17.2 Å². The molecule has 0 aliphatic heterocycles. The summed E-state index contributed by atoms with van der Waals surface area (Å²) in [4.78, 5) is 40.4. The number of hydrogen-bond acceptors (Lipinski definition) is 6. The second-order valence-electron chi connectivity index (χ2n) is 9.97. The van der Waals surface area contributed by atoms with Crippen LogP contribution in [0.1, 0.15) is 22.3 Å². The van der Waals surface area contributed by atoms with Crippen molar-refractivity contribution in [3.63, 3.8) is 0 Å². The molecule has 0 aliphatic carbocycles. The van der Waals surface area contributed by atoms with E-state index in [0.717, 1.165) is 16.9 Å². The van der Waals surface area contributed by atoms with Crippen molar-refractivity contribution in [1.82, 2.24) is 10.6 Å². The summed E-state index contributed by atoms with van der Waals surface area (Å²) in [6.07, 6.45) is 2.40. The maximum Gasteiger partial charge on any atom is 0.289 e. The molecule has 0 saturated carbocycles. The third-order valence-corrected chi connectivity index (χ3v) is 7.03.